The maximum absolute atomic E-state index is 13.0. The lowest BCUT2D eigenvalue weighted by molar-refractivity contribution is 0.0791. The van der Waals surface area contributed by atoms with Crippen LogP contribution in [0.4, 0.5) is 11.4 Å². The van der Waals surface area contributed by atoms with Crippen molar-refractivity contribution in [3.05, 3.63) is 81.5 Å². The molecule has 1 fully saturated rings. The number of anilines is 2. The van der Waals surface area contributed by atoms with Gasteiger partial charge in [-0.05, 0) is 48.2 Å². The minimum atomic E-state index is -0.236. The lowest BCUT2D eigenvalue weighted by Crippen LogP contribution is -2.31. The number of carbonyl (C=O) groups excluding carboxylic acids is 2. The number of benzene rings is 2. The number of thiophene rings is 1. The predicted octanol–water partition coefficient (Wildman–Crippen LogP) is 4.98. The molecule has 0 bridgehead atoms. The molecular weight excluding hydrogens is 406 g/mol. The Morgan fingerprint density at radius 2 is 1.90 bits per heavy atom. The first kappa shape index (κ1) is 19.5. The molecule has 29 heavy (non-hydrogen) atoms. The number of halogens is 1. The second-order valence-corrected chi connectivity index (χ2v) is 8.23. The molecule has 2 N–H and O–H groups in total. The fourth-order valence-corrected chi connectivity index (χ4v) is 4.14. The Labute approximate surface area is 178 Å². The summed E-state index contributed by atoms with van der Waals surface area (Å²) >= 11 is 7.58. The van der Waals surface area contributed by atoms with Gasteiger partial charge in [0.25, 0.3) is 11.8 Å². The number of carbonyl (C=O) groups is 2. The Morgan fingerprint density at radius 3 is 2.66 bits per heavy atom. The number of nitrogens with one attached hydrogen (secondary N) is 2. The second kappa shape index (κ2) is 8.68. The zero-order chi connectivity index (χ0) is 20.2. The molecule has 148 valence electrons. The molecule has 2 heterocycles. The molecule has 1 atom stereocenters. The van der Waals surface area contributed by atoms with Gasteiger partial charge in [0, 0.05) is 30.4 Å². The van der Waals surface area contributed by atoms with Gasteiger partial charge in [-0.2, -0.15) is 0 Å². The maximum Gasteiger partial charge on any atom is 0.265 e. The Kier molecular flexibility index (Phi) is 5.83. The van der Waals surface area contributed by atoms with E-state index < -0.39 is 0 Å². The summed E-state index contributed by atoms with van der Waals surface area (Å²) < 4.78 is 0. The molecule has 1 saturated heterocycles. The molecule has 2 aromatic carbocycles. The fraction of sp³-hybridized carbons (Fsp3) is 0.182. The summed E-state index contributed by atoms with van der Waals surface area (Å²) in [6.45, 7) is 1.32. The van der Waals surface area contributed by atoms with E-state index in [0.717, 1.165) is 12.1 Å². The number of nitrogens with zero attached hydrogens (tertiary/aromatic N) is 1. The summed E-state index contributed by atoms with van der Waals surface area (Å²) in [5.41, 5.74) is 2.00. The van der Waals surface area contributed by atoms with E-state index in [1.165, 1.54) is 11.3 Å². The van der Waals surface area contributed by atoms with Crippen molar-refractivity contribution in [1.82, 2.24) is 4.90 Å². The van der Waals surface area contributed by atoms with E-state index in [9.17, 15) is 9.59 Å². The van der Waals surface area contributed by atoms with Crippen molar-refractivity contribution < 1.29 is 9.59 Å². The number of para-hydroxylation sites is 1. The van der Waals surface area contributed by atoms with Gasteiger partial charge in [-0.15, -0.1) is 11.3 Å². The highest BCUT2D eigenvalue weighted by Crippen LogP contribution is 2.26. The summed E-state index contributed by atoms with van der Waals surface area (Å²) in [7, 11) is 0. The van der Waals surface area contributed by atoms with Crippen molar-refractivity contribution in [1.29, 1.82) is 0 Å². The second-order valence-electron chi connectivity index (χ2n) is 6.87. The summed E-state index contributed by atoms with van der Waals surface area (Å²) in [6.07, 6.45) is 0.885. The topological polar surface area (TPSA) is 61.4 Å². The summed E-state index contributed by atoms with van der Waals surface area (Å²) in [6, 6.07) is 18.8. The highest BCUT2D eigenvalue weighted by Gasteiger charge is 2.27. The summed E-state index contributed by atoms with van der Waals surface area (Å²) in [5.74, 6) is -0.301. The van der Waals surface area contributed by atoms with Crippen LogP contribution in [-0.4, -0.2) is 35.8 Å². The van der Waals surface area contributed by atoms with E-state index >= 15 is 0 Å². The van der Waals surface area contributed by atoms with E-state index in [4.69, 9.17) is 11.6 Å². The van der Waals surface area contributed by atoms with Gasteiger partial charge in [-0.1, -0.05) is 35.9 Å². The largest absolute Gasteiger partial charge is 0.380 e. The standard InChI is InChI=1S/C22H20ClN3O2S/c23-18-9-8-15(13-19(18)25-21(27)20-7-4-12-29-20)22(28)26-11-10-17(14-26)24-16-5-2-1-3-6-16/h1-9,12-13,17,24H,10-11,14H2,(H,25,27). The van der Waals surface area contributed by atoms with Crippen LogP contribution in [0.5, 0.6) is 0 Å². The molecule has 0 aliphatic carbocycles. The van der Waals surface area contributed by atoms with Crippen LogP contribution in [0.15, 0.2) is 66.0 Å². The summed E-state index contributed by atoms with van der Waals surface area (Å²) in [5, 5.41) is 8.50. The molecule has 1 unspecified atom stereocenters. The molecule has 0 saturated carbocycles. The first-order valence-electron chi connectivity index (χ1n) is 9.35. The van der Waals surface area contributed by atoms with Gasteiger partial charge in [0.2, 0.25) is 0 Å². The van der Waals surface area contributed by atoms with Crippen LogP contribution in [-0.2, 0) is 0 Å². The summed E-state index contributed by atoms with van der Waals surface area (Å²) in [4.78, 5) is 27.7. The van der Waals surface area contributed by atoms with Crippen LogP contribution in [0.2, 0.25) is 5.02 Å². The van der Waals surface area contributed by atoms with Crippen molar-refractivity contribution in [2.45, 2.75) is 12.5 Å². The van der Waals surface area contributed by atoms with Crippen LogP contribution in [0.3, 0.4) is 0 Å². The Bertz CT molecular complexity index is 1010. The van der Waals surface area contributed by atoms with Crippen LogP contribution >= 0.6 is 22.9 Å². The van der Waals surface area contributed by atoms with Gasteiger partial charge in [-0.3, -0.25) is 9.59 Å². The van der Waals surface area contributed by atoms with Crippen LogP contribution in [0, 0.1) is 0 Å². The molecule has 0 spiro atoms. The van der Waals surface area contributed by atoms with Crippen molar-refractivity contribution in [2.24, 2.45) is 0 Å². The van der Waals surface area contributed by atoms with E-state index in [0.29, 0.717) is 34.2 Å². The SMILES string of the molecule is O=C(Nc1cc(C(=O)N2CCC(Nc3ccccc3)C2)ccc1Cl)c1cccs1. The monoisotopic (exact) mass is 425 g/mol. The van der Waals surface area contributed by atoms with Crippen LogP contribution in [0.1, 0.15) is 26.5 Å². The molecule has 0 radical (unpaired) electrons. The minimum absolute atomic E-state index is 0.0642. The molecule has 2 amide bonds. The molecular formula is C22H20ClN3O2S. The highest BCUT2D eigenvalue weighted by molar-refractivity contribution is 7.12. The Hall–Kier alpha value is -2.83. The smallest absolute Gasteiger partial charge is 0.265 e. The zero-order valence-corrected chi connectivity index (χ0v) is 17.2. The number of hydrogen-bond acceptors (Lipinski definition) is 4. The fourth-order valence-electron chi connectivity index (χ4n) is 3.36. The van der Waals surface area contributed by atoms with Gasteiger partial charge in [0.15, 0.2) is 0 Å². The first-order valence-corrected chi connectivity index (χ1v) is 10.6. The van der Waals surface area contributed by atoms with Gasteiger partial charge >= 0.3 is 0 Å². The van der Waals surface area contributed by atoms with Crippen LogP contribution in [0.25, 0.3) is 0 Å². The number of likely N-dealkylation sites (tertiary alicyclic amines) is 1. The normalized spacial score (nSPS) is 15.9. The van der Waals surface area contributed by atoms with Gasteiger partial charge < -0.3 is 15.5 Å². The zero-order valence-electron chi connectivity index (χ0n) is 15.6. The van der Waals surface area contributed by atoms with Crippen molar-refractivity contribution in [3.8, 4) is 0 Å². The van der Waals surface area contributed by atoms with Crippen molar-refractivity contribution >= 4 is 46.1 Å². The Balaban J connectivity index is 1.43. The first-order chi connectivity index (χ1) is 14.1. The van der Waals surface area contributed by atoms with Crippen molar-refractivity contribution in [3.63, 3.8) is 0 Å². The average molecular weight is 426 g/mol. The number of rotatable bonds is 5. The quantitative estimate of drug-likeness (QED) is 0.606. The highest BCUT2D eigenvalue weighted by atomic mass is 35.5. The lowest BCUT2D eigenvalue weighted by atomic mass is 10.1. The molecule has 4 rings (SSSR count). The predicted molar refractivity (Wildman–Crippen MR) is 118 cm³/mol. The third kappa shape index (κ3) is 4.60. The molecule has 7 heteroatoms. The minimum Gasteiger partial charge on any atom is -0.380 e. The van der Waals surface area contributed by atoms with E-state index in [1.54, 1.807) is 24.3 Å². The molecule has 1 aliphatic rings. The maximum atomic E-state index is 13.0. The van der Waals surface area contributed by atoms with E-state index in [-0.39, 0.29) is 17.9 Å². The Morgan fingerprint density at radius 1 is 1.07 bits per heavy atom. The average Bonchev–Trinajstić information content (AvgIpc) is 3.42. The third-order valence-corrected chi connectivity index (χ3v) is 6.02. The molecule has 1 aromatic heterocycles. The molecule has 3 aromatic rings. The molecule has 1 aliphatic heterocycles. The molecule has 5 nitrogen and oxygen atoms in total. The van der Waals surface area contributed by atoms with Gasteiger partial charge in [0.1, 0.15) is 0 Å². The number of amides is 2. The van der Waals surface area contributed by atoms with E-state index in [1.807, 2.05) is 46.7 Å². The lowest BCUT2D eigenvalue weighted by Gasteiger charge is -2.18. The third-order valence-electron chi connectivity index (χ3n) is 4.83. The van der Waals surface area contributed by atoms with E-state index in [2.05, 4.69) is 10.6 Å². The number of hydrogen-bond donors (Lipinski definition) is 2. The van der Waals surface area contributed by atoms with Gasteiger partial charge in [0.05, 0.1) is 15.6 Å². The van der Waals surface area contributed by atoms with Crippen LogP contribution < -0.4 is 10.6 Å². The van der Waals surface area contributed by atoms with Gasteiger partial charge in [-0.25, -0.2) is 0 Å². The van der Waals surface area contributed by atoms with Crippen molar-refractivity contribution in [2.75, 3.05) is 23.7 Å².